The fourth-order valence-corrected chi connectivity index (χ4v) is 2.93. The zero-order valence-electron chi connectivity index (χ0n) is 15.5. The average Bonchev–Trinajstić information content (AvgIpc) is 2.68. The van der Waals surface area contributed by atoms with Crippen LogP contribution in [0.3, 0.4) is 0 Å². The molecule has 0 aliphatic heterocycles. The Balaban J connectivity index is 1.74. The number of hydrogen-bond acceptors (Lipinski definition) is 3. The molecule has 0 aliphatic rings. The molecule has 0 saturated carbocycles. The molecule has 0 fully saturated rings. The summed E-state index contributed by atoms with van der Waals surface area (Å²) in [6, 6.07) is 19.0. The van der Waals surface area contributed by atoms with Crippen molar-refractivity contribution in [1.29, 1.82) is 0 Å². The Morgan fingerprint density at radius 2 is 1.43 bits per heavy atom. The third-order valence-corrected chi connectivity index (χ3v) is 4.37. The zero-order chi connectivity index (χ0) is 20.1. The maximum atomic E-state index is 12.5. The molecule has 0 aromatic heterocycles. The Hall–Kier alpha value is -3.31. The van der Waals surface area contributed by atoms with E-state index in [2.05, 4.69) is 10.6 Å². The van der Waals surface area contributed by atoms with E-state index >= 15 is 0 Å². The number of carbonyl (C=O) groups is 2. The molecule has 2 amide bonds. The second kappa shape index (κ2) is 8.59. The molecule has 0 saturated heterocycles. The van der Waals surface area contributed by atoms with Crippen LogP contribution in [-0.2, 0) is 0 Å². The van der Waals surface area contributed by atoms with E-state index < -0.39 is 0 Å². The number of amides is 2. The van der Waals surface area contributed by atoms with Crippen LogP contribution in [-0.4, -0.2) is 18.9 Å². The normalized spacial score (nSPS) is 10.2. The van der Waals surface area contributed by atoms with Gasteiger partial charge >= 0.3 is 0 Å². The van der Waals surface area contributed by atoms with Crippen molar-refractivity contribution in [3.63, 3.8) is 0 Å². The van der Waals surface area contributed by atoms with E-state index in [1.54, 1.807) is 42.5 Å². The molecule has 0 atom stereocenters. The SMILES string of the molecule is COc1ccc(NC(=O)c2cccc(C(=O)Nc3cccc(C)c3)c2)cc1Cl. The summed E-state index contributed by atoms with van der Waals surface area (Å²) in [4.78, 5) is 25.0. The maximum Gasteiger partial charge on any atom is 0.255 e. The molecule has 28 heavy (non-hydrogen) atoms. The van der Waals surface area contributed by atoms with Crippen molar-refractivity contribution in [2.75, 3.05) is 17.7 Å². The minimum absolute atomic E-state index is 0.284. The van der Waals surface area contributed by atoms with Crippen molar-refractivity contribution in [2.24, 2.45) is 0 Å². The lowest BCUT2D eigenvalue weighted by molar-refractivity contribution is 0.102. The average molecular weight is 395 g/mol. The van der Waals surface area contributed by atoms with E-state index in [4.69, 9.17) is 16.3 Å². The van der Waals surface area contributed by atoms with Crippen LogP contribution in [0, 0.1) is 6.92 Å². The molecule has 0 aliphatic carbocycles. The third kappa shape index (κ3) is 4.69. The Morgan fingerprint density at radius 1 is 0.821 bits per heavy atom. The van der Waals surface area contributed by atoms with Gasteiger partial charge < -0.3 is 15.4 Å². The minimum Gasteiger partial charge on any atom is -0.495 e. The molecule has 2 N–H and O–H groups in total. The van der Waals surface area contributed by atoms with Crippen LogP contribution >= 0.6 is 11.6 Å². The molecule has 6 heteroatoms. The van der Waals surface area contributed by atoms with Crippen molar-refractivity contribution in [2.45, 2.75) is 6.92 Å². The number of halogens is 1. The zero-order valence-corrected chi connectivity index (χ0v) is 16.2. The van der Waals surface area contributed by atoms with Gasteiger partial charge in [-0.3, -0.25) is 9.59 Å². The molecular formula is C22H19ClN2O3. The van der Waals surface area contributed by atoms with Gasteiger partial charge in [-0.2, -0.15) is 0 Å². The lowest BCUT2D eigenvalue weighted by atomic mass is 10.1. The topological polar surface area (TPSA) is 67.4 Å². The maximum absolute atomic E-state index is 12.5. The minimum atomic E-state index is -0.341. The first-order valence-electron chi connectivity index (χ1n) is 8.59. The van der Waals surface area contributed by atoms with Crippen LogP contribution in [0.4, 0.5) is 11.4 Å². The number of benzene rings is 3. The highest BCUT2D eigenvalue weighted by Crippen LogP contribution is 2.27. The number of aryl methyl sites for hydroxylation is 1. The van der Waals surface area contributed by atoms with Crippen LogP contribution in [0.2, 0.25) is 5.02 Å². The quantitative estimate of drug-likeness (QED) is 0.628. The molecule has 3 aromatic rings. The number of carbonyl (C=O) groups excluding carboxylic acids is 2. The van der Waals surface area contributed by atoms with E-state index in [1.807, 2.05) is 31.2 Å². The first kappa shape index (κ1) is 19.5. The first-order chi connectivity index (χ1) is 13.5. The van der Waals surface area contributed by atoms with Crippen molar-refractivity contribution >= 4 is 34.8 Å². The van der Waals surface area contributed by atoms with Gasteiger partial charge in [0.05, 0.1) is 12.1 Å². The molecule has 3 aromatic carbocycles. The van der Waals surface area contributed by atoms with Gasteiger partial charge in [-0.1, -0.05) is 29.8 Å². The fraction of sp³-hybridized carbons (Fsp3) is 0.0909. The summed E-state index contributed by atoms with van der Waals surface area (Å²) in [5.41, 5.74) is 3.04. The van der Waals surface area contributed by atoms with Gasteiger partial charge in [-0.15, -0.1) is 0 Å². The third-order valence-electron chi connectivity index (χ3n) is 4.07. The second-order valence-corrected chi connectivity index (χ2v) is 6.62. The predicted octanol–water partition coefficient (Wildman–Crippen LogP) is 5.16. The Kier molecular flexibility index (Phi) is 5.96. The standard InChI is InChI=1S/C22H19ClN2O3/c1-14-5-3-8-17(11-14)24-21(26)15-6-4-7-16(12-15)22(27)25-18-9-10-20(28-2)19(23)13-18/h3-13H,1-2H3,(H,24,26)(H,25,27). The number of anilines is 2. The lowest BCUT2D eigenvalue weighted by Gasteiger charge is -2.10. The number of methoxy groups -OCH3 is 1. The van der Waals surface area contributed by atoms with Crippen LogP contribution in [0.25, 0.3) is 0 Å². The van der Waals surface area contributed by atoms with Crippen molar-refractivity contribution in [3.8, 4) is 5.75 Å². The van der Waals surface area contributed by atoms with E-state index in [0.29, 0.717) is 33.3 Å². The highest BCUT2D eigenvalue weighted by Gasteiger charge is 2.12. The molecule has 0 spiro atoms. The second-order valence-electron chi connectivity index (χ2n) is 6.21. The Bertz CT molecular complexity index is 1030. The molecule has 0 bridgehead atoms. The Labute approximate surface area is 168 Å². The monoisotopic (exact) mass is 394 g/mol. The predicted molar refractivity (Wildman–Crippen MR) is 112 cm³/mol. The fourth-order valence-electron chi connectivity index (χ4n) is 2.68. The summed E-state index contributed by atoms with van der Waals surface area (Å²) in [6.45, 7) is 1.95. The van der Waals surface area contributed by atoms with Crippen LogP contribution in [0.5, 0.6) is 5.75 Å². The molecule has 142 valence electrons. The largest absolute Gasteiger partial charge is 0.495 e. The van der Waals surface area contributed by atoms with E-state index in [0.717, 1.165) is 5.56 Å². The van der Waals surface area contributed by atoms with E-state index in [9.17, 15) is 9.59 Å². The number of nitrogens with one attached hydrogen (secondary N) is 2. The summed E-state index contributed by atoms with van der Waals surface area (Å²) >= 11 is 6.08. The van der Waals surface area contributed by atoms with E-state index in [1.165, 1.54) is 7.11 Å². The van der Waals surface area contributed by atoms with Crippen LogP contribution < -0.4 is 15.4 Å². The lowest BCUT2D eigenvalue weighted by Crippen LogP contribution is -2.15. The number of rotatable bonds is 5. The smallest absolute Gasteiger partial charge is 0.255 e. The van der Waals surface area contributed by atoms with Crippen LogP contribution in [0.1, 0.15) is 26.3 Å². The van der Waals surface area contributed by atoms with Gasteiger partial charge in [0.15, 0.2) is 0 Å². The van der Waals surface area contributed by atoms with Crippen molar-refractivity contribution in [1.82, 2.24) is 0 Å². The molecule has 5 nitrogen and oxygen atoms in total. The summed E-state index contributed by atoms with van der Waals surface area (Å²) in [6.07, 6.45) is 0. The summed E-state index contributed by atoms with van der Waals surface area (Å²) in [7, 11) is 1.52. The van der Waals surface area contributed by atoms with Crippen molar-refractivity contribution in [3.05, 3.63) is 88.4 Å². The van der Waals surface area contributed by atoms with Gasteiger partial charge in [-0.05, 0) is 61.0 Å². The number of ether oxygens (including phenoxy) is 1. The van der Waals surface area contributed by atoms with Gasteiger partial charge in [0, 0.05) is 22.5 Å². The molecule has 3 rings (SSSR count). The highest BCUT2D eigenvalue weighted by molar-refractivity contribution is 6.32. The van der Waals surface area contributed by atoms with Gasteiger partial charge in [0.2, 0.25) is 0 Å². The molecular weight excluding hydrogens is 376 g/mol. The number of hydrogen-bond donors (Lipinski definition) is 2. The molecule has 0 unspecified atom stereocenters. The summed E-state index contributed by atoms with van der Waals surface area (Å²) in [5, 5.41) is 5.99. The molecule has 0 radical (unpaired) electrons. The van der Waals surface area contributed by atoms with Gasteiger partial charge in [-0.25, -0.2) is 0 Å². The first-order valence-corrected chi connectivity index (χ1v) is 8.97. The van der Waals surface area contributed by atoms with Gasteiger partial charge in [0.1, 0.15) is 5.75 Å². The van der Waals surface area contributed by atoms with Gasteiger partial charge in [0.25, 0.3) is 11.8 Å². The summed E-state index contributed by atoms with van der Waals surface area (Å²) < 4.78 is 5.10. The molecule has 0 heterocycles. The summed E-state index contributed by atoms with van der Waals surface area (Å²) in [5.74, 6) is -0.103. The van der Waals surface area contributed by atoms with E-state index in [-0.39, 0.29) is 11.8 Å². The van der Waals surface area contributed by atoms with Crippen LogP contribution in [0.15, 0.2) is 66.7 Å². The van der Waals surface area contributed by atoms with Crippen molar-refractivity contribution < 1.29 is 14.3 Å². The Morgan fingerprint density at radius 3 is 2.00 bits per heavy atom. The highest BCUT2D eigenvalue weighted by atomic mass is 35.5.